The highest BCUT2D eigenvalue weighted by Gasteiger charge is 2.21. The molecule has 0 spiro atoms. The molecule has 148 valence electrons. The van der Waals surface area contributed by atoms with Crippen molar-refractivity contribution in [3.63, 3.8) is 0 Å². The van der Waals surface area contributed by atoms with E-state index in [2.05, 4.69) is 19.4 Å². The van der Waals surface area contributed by atoms with Gasteiger partial charge in [0.1, 0.15) is 17.2 Å². The highest BCUT2D eigenvalue weighted by atomic mass is 16.2. The molecule has 8 heteroatoms. The van der Waals surface area contributed by atoms with E-state index in [9.17, 15) is 4.79 Å². The number of carbonyl (C=O) groups excluding carboxylic acids is 1. The third kappa shape index (κ3) is 3.47. The highest BCUT2D eigenvalue weighted by Crippen LogP contribution is 2.19. The van der Waals surface area contributed by atoms with Crippen molar-refractivity contribution in [3.8, 4) is 0 Å². The van der Waals surface area contributed by atoms with E-state index in [4.69, 9.17) is 9.97 Å². The van der Waals surface area contributed by atoms with Crippen molar-refractivity contribution in [2.45, 2.75) is 20.0 Å². The predicted molar refractivity (Wildman–Crippen MR) is 110 cm³/mol. The first-order valence-electron chi connectivity index (χ1n) is 9.89. The van der Waals surface area contributed by atoms with Gasteiger partial charge in [-0.25, -0.2) is 15.0 Å². The average molecular weight is 389 g/mol. The fraction of sp³-hybridized carbons (Fsp3) is 0.333. The summed E-state index contributed by atoms with van der Waals surface area (Å²) >= 11 is 0. The van der Waals surface area contributed by atoms with Crippen LogP contribution in [-0.2, 0) is 17.9 Å². The van der Waals surface area contributed by atoms with Crippen LogP contribution in [-0.4, -0.2) is 66.4 Å². The molecule has 29 heavy (non-hydrogen) atoms. The number of rotatable bonds is 4. The van der Waals surface area contributed by atoms with Gasteiger partial charge in [0.15, 0.2) is 5.65 Å². The number of nitrogens with one attached hydrogen (secondary N) is 1. The Morgan fingerprint density at radius 2 is 1.79 bits per heavy atom. The first-order valence-corrected chi connectivity index (χ1v) is 9.89. The molecule has 0 saturated carbocycles. The molecule has 1 aliphatic heterocycles. The lowest BCUT2D eigenvalue weighted by Gasteiger charge is -2.33. The molecule has 1 N–H and O–H groups in total. The zero-order chi connectivity index (χ0) is 19.8. The lowest BCUT2D eigenvalue weighted by molar-refractivity contribution is -0.130. The number of nitrogens with zero attached hydrogens (tertiary/aromatic N) is 6. The van der Waals surface area contributed by atoms with Gasteiger partial charge in [0, 0.05) is 39.3 Å². The van der Waals surface area contributed by atoms with E-state index in [1.54, 1.807) is 13.1 Å². The number of amides is 1. The molecule has 0 radical (unpaired) electrons. The monoisotopic (exact) mass is 389 g/mol. The Bertz CT molecular complexity index is 1140. The van der Waals surface area contributed by atoms with Gasteiger partial charge in [-0.2, -0.15) is 0 Å². The Hall–Kier alpha value is -3.26. The lowest BCUT2D eigenvalue weighted by Crippen LogP contribution is -2.47. The van der Waals surface area contributed by atoms with Crippen LogP contribution >= 0.6 is 0 Å². The van der Waals surface area contributed by atoms with Gasteiger partial charge in [-0.15, -0.1) is 0 Å². The quantitative estimate of drug-likeness (QED) is 0.577. The second-order valence-corrected chi connectivity index (χ2v) is 7.44. The smallest absolute Gasteiger partial charge is 0.219 e. The second kappa shape index (κ2) is 7.29. The summed E-state index contributed by atoms with van der Waals surface area (Å²) in [7, 11) is 0. The van der Waals surface area contributed by atoms with Gasteiger partial charge < -0.3 is 14.5 Å². The summed E-state index contributed by atoms with van der Waals surface area (Å²) in [5.74, 6) is 2.00. The third-order valence-corrected chi connectivity index (χ3v) is 5.51. The summed E-state index contributed by atoms with van der Waals surface area (Å²) in [6, 6.07) is 11.9. The number of aromatic amines is 1. The Morgan fingerprint density at radius 1 is 1.00 bits per heavy atom. The Morgan fingerprint density at radius 3 is 2.59 bits per heavy atom. The Kier molecular flexibility index (Phi) is 4.48. The standard InChI is InChI=1S/C21H23N7O/c1-15(29)27-11-9-26(10-12-27)14-20-25-18-7-4-8-22-21(18)28(20)13-19-23-16-5-2-3-6-17(16)24-19/h2-8H,9-14H2,1H3,(H,23,24). The number of fused-ring (bicyclic) bond motifs is 2. The van der Waals surface area contributed by atoms with E-state index in [0.29, 0.717) is 6.54 Å². The molecule has 1 saturated heterocycles. The van der Waals surface area contributed by atoms with Gasteiger partial charge in [0.05, 0.1) is 24.1 Å². The zero-order valence-corrected chi connectivity index (χ0v) is 16.4. The molecule has 8 nitrogen and oxygen atoms in total. The minimum Gasteiger partial charge on any atom is -0.340 e. The minimum absolute atomic E-state index is 0.144. The Balaban J connectivity index is 1.44. The van der Waals surface area contributed by atoms with Gasteiger partial charge in [-0.05, 0) is 24.3 Å². The number of H-pyrrole nitrogens is 1. The van der Waals surface area contributed by atoms with Crippen molar-refractivity contribution < 1.29 is 4.79 Å². The van der Waals surface area contributed by atoms with E-state index >= 15 is 0 Å². The van der Waals surface area contributed by atoms with Gasteiger partial charge >= 0.3 is 0 Å². The largest absolute Gasteiger partial charge is 0.340 e. The number of benzene rings is 1. The number of aromatic nitrogens is 5. The van der Waals surface area contributed by atoms with Crippen LogP contribution in [0.3, 0.4) is 0 Å². The van der Waals surface area contributed by atoms with Crippen LogP contribution in [0.4, 0.5) is 0 Å². The Labute approximate surface area is 168 Å². The molecule has 0 aliphatic carbocycles. The van der Waals surface area contributed by atoms with Crippen molar-refractivity contribution >= 4 is 28.1 Å². The summed E-state index contributed by atoms with van der Waals surface area (Å²) in [6.07, 6.45) is 1.80. The zero-order valence-electron chi connectivity index (χ0n) is 16.4. The molecule has 5 rings (SSSR count). The maximum Gasteiger partial charge on any atom is 0.219 e. The van der Waals surface area contributed by atoms with E-state index in [0.717, 1.165) is 66.6 Å². The molecule has 1 amide bonds. The second-order valence-electron chi connectivity index (χ2n) is 7.44. The number of hydrogen-bond acceptors (Lipinski definition) is 5. The fourth-order valence-corrected chi connectivity index (χ4v) is 3.94. The predicted octanol–water partition coefficient (Wildman–Crippen LogP) is 2.02. The minimum atomic E-state index is 0.144. The summed E-state index contributed by atoms with van der Waals surface area (Å²) in [5.41, 5.74) is 3.75. The van der Waals surface area contributed by atoms with Crippen molar-refractivity contribution in [3.05, 3.63) is 54.2 Å². The van der Waals surface area contributed by atoms with Crippen molar-refractivity contribution in [1.29, 1.82) is 0 Å². The topological polar surface area (TPSA) is 82.9 Å². The van der Waals surface area contributed by atoms with E-state index in [-0.39, 0.29) is 5.91 Å². The van der Waals surface area contributed by atoms with Gasteiger partial charge in [-0.1, -0.05) is 12.1 Å². The number of piperazine rings is 1. The molecule has 0 bridgehead atoms. The summed E-state index contributed by atoms with van der Waals surface area (Å²) in [5, 5.41) is 0. The molecular formula is C21H23N7O. The summed E-state index contributed by atoms with van der Waals surface area (Å²) in [6.45, 7) is 6.16. The van der Waals surface area contributed by atoms with E-state index in [1.807, 2.05) is 41.3 Å². The van der Waals surface area contributed by atoms with Crippen LogP contribution < -0.4 is 0 Å². The molecule has 4 heterocycles. The number of hydrogen-bond donors (Lipinski definition) is 1. The number of pyridine rings is 1. The fourth-order valence-electron chi connectivity index (χ4n) is 3.94. The average Bonchev–Trinajstić information content (AvgIpc) is 3.30. The first kappa shape index (κ1) is 17.8. The maximum atomic E-state index is 11.6. The van der Waals surface area contributed by atoms with Crippen LogP contribution in [0.25, 0.3) is 22.2 Å². The first-order chi connectivity index (χ1) is 14.2. The molecule has 3 aromatic heterocycles. The van der Waals surface area contributed by atoms with Gasteiger partial charge in [0.2, 0.25) is 5.91 Å². The van der Waals surface area contributed by atoms with Crippen molar-refractivity contribution in [2.75, 3.05) is 26.2 Å². The van der Waals surface area contributed by atoms with Crippen LogP contribution in [0.2, 0.25) is 0 Å². The van der Waals surface area contributed by atoms with Gasteiger partial charge in [-0.3, -0.25) is 9.69 Å². The third-order valence-electron chi connectivity index (χ3n) is 5.51. The molecule has 1 aromatic carbocycles. The molecule has 0 atom stereocenters. The molecule has 1 fully saturated rings. The lowest BCUT2D eigenvalue weighted by atomic mass is 10.3. The van der Waals surface area contributed by atoms with Crippen LogP contribution in [0.1, 0.15) is 18.6 Å². The van der Waals surface area contributed by atoms with Crippen LogP contribution in [0, 0.1) is 0 Å². The SMILES string of the molecule is CC(=O)N1CCN(Cc2nc3cccnc3n2Cc2nc3ccccc3[nH]2)CC1. The van der Waals surface area contributed by atoms with Crippen LogP contribution in [0.5, 0.6) is 0 Å². The normalized spacial score (nSPS) is 15.4. The summed E-state index contributed by atoms with van der Waals surface area (Å²) in [4.78, 5) is 33.4. The van der Waals surface area contributed by atoms with Gasteiger partial charge in [0.25, 0.3) is 0 Å². The maximum absolute atomic E-state index is 11.6. The summed E-state index contributed by atoms with van der Waals surface area (Å²) < 4.78 is 2.14. The molecular weight excluding hydrogens is 366 g/mol. The molecule has 0 unspecified atom stereocenters. The number of carbonyl (C=O) groups is 1. The van der Waals surface area contributed by atoms with Crippen molar-refractivity contribution in [1.82, 2.24) is 34.3 Å². The molecule has 4 aromatic rings. The van der Waals surface area contributed by atoms with Crippen LogP contribution in [0.15, 0.2) is 42.6 Å². The number of imidazole rings is 2. The highest BCUT2D eigenvalue weighted by molar-refractivity contribution is 5.75. The number of para-hydroxylation sites is 2. The van der Waals surface area contributed by atoms with E-state index < -0.39 is 0 Å². The van der Waals surface area contributed by atoms with E-state index in [1.165, 1.54) is 0 Å². The molecule has 1 aliphatic rings. The van der Waals surface area contributed by atoms with Crippen molar-refractivity contribution in [2.24, 2.45) is 0 Å².